The van der Waals surface area contributed by atoms with Crippen LogP contribution in [0, 0.1) is 11.7 Å². The molecule has 1 aromatic rings. The Bertz CT molecular complexity index is 460. The topological polar surface area (TPSA) is 46.3 Å². The Morgan fingerprint density at radius 1 is 1.40 bits per heavy atom. The number of carbonyl (C=O) groups excluding carboxylic acids is 1. The van der Waals surface area contributed by atoms with Crippen LogP contribution in [-0.4, -0.2) is 29.9 Å². The zero-order valence-corrected chi connectivity index (χ0v) is 12.2. The quantitative estimate of drug-likeness (QED) is 0.920. The van der Waals surface area contributed by atoms with Crippen LogP contribution in [0.15, 0.2) is 24.3 Å². The summed E-state index contributed by atoms with van der Waals surface area (Å²) >= 11 is 0. The minimum Gasteiger partial charge on any atom is -0.369 e. The molecule has 1 saturated heterocycles. The molecule has 110 valence electrons. The van der Waals surface area contributed by atoms with E-state index in [-0.39, 0.29) is 17.6 Å². The standard InChI is InChI=1S/C16H23FN2O/c1-11(13-5-7-15(17)8-6-13)9-19-10-14(16(18)20)4-3-12(19)2/h5-8,11-12,14H,3-4,9-10H2,1-2H3,(H2,18,20). The summed E-state index contributed by atoms with van der Waals surface area (Å²) in [4.78, 5) is 13.7. The highest BCUT2D eigenvalue weighted by Gasteiger charge is 2.29. The highest BCUT2D eigenvalue weighted by Crippen LogP contribution is 2.25. The summed E-state index contributed by atoms with van der Waals surface area (Å²) in [7, 11) is 0. The molecule has 1 heterocycles. The van der Waals surface area contributed by atoms with Crippen molar-refractivity contribution in [1.82, 2.24) is 4.90 Å². The van der Waals surface area contributed by atoms with E-state index in [9.17, 15) is 9.18 Å². The lowest BCUT2D eigenvalue weighted by molar-refractivity contribution is -0.124. The lowest BCUT2D eigenvalue weighted by Gasteiger charge is -2.38. The SMILES string of the molecule is CC(CN1CC(C(N)=O)CCC1C)c1ccc(F)cc1. The Morgan fingerprint density at radius 3 is 2.65 bits per heavy atom. The van der Waals surface area contributed by atoms with Gasteiger partial charge < -0.3 is 5.73 Å². The number of benzene rings is 1. The second kappa shape index (κ2) is 6.35. The van der Waals surface area contributed by atoms with Crippen LogP contribution in [0.1, 0.15) is 38.2 Å². The fraction of sp³-hybridized carbons (Fsp3) is 0.562. The molecule has 1 aliphatic heterocycles. The Kier molecular flexibility index (Phi) is 4.76. The van der Waals surface area contributed by atoms with E-state index in [0.29, 0.717) is 12.0 Å². The van der Waals surface area contributed by atoms with Crippen molar-refractivity contribution in [3.05, 3.63) is 35.6 Å². The molecule has 0 bridgehead atoms. The number of piperidine rings is 1. The van der Waals surface area contributed by atoms with Gasteiger partial charge in [0.2, 0.25) is 5.91 Å². The molecule has 0 radical (unpaired) electrons. The number of hydrogen-bond acceptors (Lipinski definition) is 2. The Hall–Kier alpha value is -1.42. The summed E-state index contributed by atoms with van der Waals surface area (Å²) in [5.74, 6) is -0.131. The van der Waals surface area contributed by atoms with Gasteiger partial charge in [-0.1, -0.05) is 19.1 Å². The predicted octanol–water partition coefficient (Wildman–Crippen LogP) is 2.52. The van der Waals surface area contributed by atoms with Crippen molar-refractivity contribution in [1.29, 1.82) is 0 Å². The van der Waals surface area contributed by atoms with Gasteiger partial charge in [0.25, 0.3) is 0 Å². The Morgan fingerprint density at radius 2 is 2.05 bits per heavy atom. The molecule has 0 aliphatic carbocycles. The second-order valence-corrected chi connectivity index (χ2v) is 5.93. The van der Waals surface area contributed by atoms with Crippen molar-refractivity contribution in [2.45, 2.75) is 38.6 Å². The van der Waals surface area contributed by atoms with E-state index in [1.165, 1.54) is 12.1 Å². The largest absolute Gasteiger partial charge is 0.369 e. The molecule has 2 N–H and O–H groups in total. The molecule has 2 rings (SSSR count). The van der Waals surface area contributed by atoms with Gasteiger partial charge in [-0.25, -0.2) is 4.39 Å². The zero-order chi connectivity index (χ0) is 14.7. The van der Waals surface area contributed by atoms with Crippen molar-refractivity contribution in [3.8, 4) is 0 Å². The number of nitrogens with zero attached hydrogens (tertiary/aromatic N) is 1. The third-order valence-corrected chi connectivity index (χ3v) is 4.36. The molecule has 3 nitrogen and oxygen atoms in total. The average molecular weight is 278 g/mol. The first kappa shape index (κ1) is 15.0. The van der Waals surface area contributed by atoms with Gasteiger partial charge in [-0.05, 0) is 43.4 Å². The van der Waals surface area contributed by atoms with Crippen LogP contribution in [0.2, 0.25) is 0 Å². The molecule has 1 fully saturated rings. The van der Waals surface area contributed by atoms with Crippen LogP contribution in [0.25, 0.3) is 0 Å². The van der Waals surface area contributed by atoms with Crippen LogP contribution in [0.3, 0.4) is 0 Å². The molecule has 1 aliphatic rings. The van der Waals surface area contributed by atoms with Crippen LogP contribution in [0.4, 0.5) is 4.39 Å². The molecule has 0 spiro atoms. The Labute approximate surface area is 120 Å². The third kappa shape index (κ3) is 3.57. The maximum absolute atomic E-state index is 12.9. The van der Waals surface area contributed by atoms with Crippen LogP contribution >= 0.6 is 0 Å². The monoisotopic (exact) mass is 278 g/mol. The van der Waals surface area contributed by atoms with E-state index < -0.39 is 0 Å². The third-order valence-electron chi connectivity index (χ3n) is 4.36. The van der Waals surface area contributed by atoms with E-state index in [0.717, 1.165) is 31.5 Å². The molecule has 3 atom stereocenters. The maximum atomic E-state index is 12.9. The molecule has 3 unspecified atom stereocenters. The summed E-state index contributed by atoms with van der Waals surface area (Å²) in [5.41, 5.74) is 6.55. The van der Waals surface area contributed by atoms with E-state index in [1.54, 1.807) is 0 Å². The highest BCUT2D eigenvalue weighted by molar-refractivity contribution is 5.76. The van der Waals surface area contributed by atoms with Crippen LogP contribution in [0.5, 0.6) is 0 Å². The van der Waals surface area contributed by atoms with Crippen molar-refractivity contribution in [2.75, 3.05) is 13.1 Å². The fourth-order valence-corrected chi connectivity index (χ4v) is 2.91. The van der Waals surface area contributed by atoms with Crippen molar-refractivity contribution in [3.63, 3.8) is 0 Å². The summed E-state index contributed by atoms with van der Waals surface area (Å²) in [6.45, 7) is 5.93. The lowest BCUT2D eigenvalue weighted by Crippen LogP contribution is -2.46. The van der Waals surface area contributed by atoms with Gasteiger partial charge in [-0.15, -0.1) is 0 Å². The van der Waals surface area contributed by atoms with Gasteiger partial charge in [0.15, 0.2) is 0 Å². The molecule has 20 heavy (non-hydrogen) atoms. The number of likely N-dealkylation sites (tertiary alicyclic amines) is 1. The molecule has 0 saturated carbocycles. The normalized spacial score (nSPS) is 25.4. The summed E-state index contributed by atoms with van der Waals surface area (Å²) in [6, 6.07) is 7.13. The second-order valence-electron chi connectivity index (χ2n) is 5.93. The summed E-state index contributed by atoms with van der Waals surface area (Å²) in [6.07, 6.45) is 1.89. The van der Waals surface area contributed by atoms with Crippen molar-refractivity contribution >= 4 is 5.91 Å². The molecule has 4 heteroatoms. The number of primary amides is 1. The fourth-order valence-electron chi connectivity index (χ4n) is 2.91. The van der Waals surface area contributed by atoms with Gasteiger partial charge in [-0.2, -0.15) is 0 Å². The number of hydrogen-bond donors (Lipinski definition) is 1. The number of carbonyl (C=O) groups is 1. The minimum atomic E-state index is -0.207. The van der Waals surface area contributed by atoms with Gasteiger partial charge >= 0.3 is 0 Å². The predicted molar refractivity (Wildman–Crippen MR) is 77.8 cm³/mol. The van der Waals surface area contributed by atoms with Gasteiger partial charge in [0.05, 0.1) is 5.92 Å². The smallest absolute Gasteiger partial charge is 0.221 e. The zero-order valence-electron chi connectivity index (χ0n) is 12.2. The minimum absolute atomic E-state index is 0.0355. The average Bonchev–Trinajstić information content (AvgIpc) is 2.41. The van der Waals surface area contributed by atoms with Crippen molar-refractivity contribution < 1.29 is 9.18 Å². The Balaban J connectivity index is 2.00. The maximum Gasteiger partial charge on any atom is 0.221 e. The first-order valence-electron chi connectivity index (χ1n) is 7.26. The first-order chi connectivity index (χ1) is 9.47. The molecule has 1 amide bonds. The number of amides is 1. The van der Waals surface area contributed by atoms with Gasteiger partial charge in [0, 0.05) is 19.1 Å². The molecular formula is C16H23FN2O. The summed E-state index contributed by atoms with van der Waals surface area (Å²) < 4.78 is 12.9. The number of halogens is 1. The summed E-state index contributed by atoms with van der Waals surface area (Å²) in [5, 5.41) is 0. The number of nitrogens with two attached hydrogens (primary N) is 1. The van der Waals surface area contributed by atoms with Crippen LogP contribution < -0.4 is 5.73 Å². The van der Waals surface area contributed by atoms with Gasteiger partial charge in [0.1, 0.15) is 5.82 Å². The van der Waals surface area contributed by atoms with E-state index in [1.807, 2.05) is 12.1 Å². The molecule has 0 aromatic heterocycles. The van der Waals surface area contributed by atoms with Crippen LogP contribution in [-0.2, 0) is 4.79 Å². The first-order valence-corrected chi connectivity index (χ1v) is 7.26. The number of rotatable bonds is 4. The lowest BCUT2D eigenvalue weighted by atomic mass is 9.91. The molecule has 1 aromatic carbocycles. The van der Waals surface area contributed by atoms with Crippen molar-refractivity contribution in [2.24, 2.45) is 11.7 Å². The molecular weight excluding hydrogens is 255 g/mol. The van der Waals surface area contributed by atoms with Gasteiger partial charge in [-0.3, -0.25) is 9.69 Å². The van der Waals surface area contributed by atoms with E-state index >= 15 is 0 Å². The van der Waals surface area contributed by atoms with E-state index in [2.05, 4.69) is 18.7 Å². The van der Waals surface area contributed by atoms with E-state index in [4.69, 9.17) is 5.73 Å². The highest BCUT2D eigenvalue weighted by atomic mass is 19.1.